The number of nitrogens with one attached hydrogen (secondary N) is 1. The fourth-order valence-electron chi connectivity index (χ4n) is 1.58. The number of methoxy groups -OCH3 is 1. The second-order valence-corrected chi connectivity index (χ2v) is 3.85. The van der Waals surface area contributed by atoms with Crippen LogP contribution in [0.5, 0.6) is 5.75 Å². The van der Waals surface area contributed by atoms with Gasteiger partial charge in [0.2, 0.25) is 0 Å². The Balaban J connectivity index is 2.54. The van der Waals surface area contributed by atoms with E-state index in [0.717, 1.165) is 31.5 Å². The predicted octanol–water partition coefficient (Wildman–Crippen LogP) is 2.18. The number of nitro groups is 1. The van der Waals surface area contributed by atoms with Crippen molar-refractivity contribution in [3.63, 3.8) is 0 Å². The highest BCUT2D eigenvalue weighted by Crippen LogP contribution is 2.29. The highest BCUT2D eigenvalue weighted by atomic mass is 16.6. The molecular weight excluding hydrogens is 236 g/mol. The van der Waals surface area contributed by atoms with E-state index < -0.39 is 4.92 Å². The van der Waals surface area contributed by atoms with E-state index in [9.17, 15) is 10.1 Å². The third kappa shape index (κ3) is 4.21. The third-order valence-corrected chi connectivity index (χ3v) is 2.54. The van der Waals surface area contributed by atoms with Crippen molar-refractivity contribution < 1.29 is 14.8 Å². The molecule has 0 atom stereocenters. The number of rotatable bonds is 8. The van der Waals surface area contributed by atoms with Gasteiger partial charge < -0.3 is 15.2 Å². The first-order valence-electron chi connectivity index (χ1n) is 5.86. The molecule has 0 fully saturated rings. The number of benzene rings is 1. The molecule has 1 rings (SSSR count). The summed E-state index contributed by atoms with van der Waals surface area (Å²) >= 11 is 0. The van der Waals surface area contributed by atoms with Gasteiger partial charge in [-0.05, 0) is 25.3 Å². The van der Waals surface area contributed by atoms with Crippen molar-refractivity contribution in [3.05, 3.63) is 28.3 Å². The summed E-state index contributed by atoms with van der Waals surface area (Å²) in [4.78, 5) is 10.2. The van der Waals surface area contributed by atoms with Crippen molar-refractivity contribution in [2.24, 2.45) is 0 Å². The van der Waals surface area contributed by atoms with Gasteiger partial charge >= 0.3 is 5.69 Å². The van der Waals surface area contributed by atoms with Crippen LogP contribution in [0.4, 0.5) is 11.4 Å². The maximum atomic E-state index is 10.7. The minimum absolute atomic E-state index is 0.0386. The van der Waals surface area contributed by atoms with E-state index >= 15 is 0 Å². The van der Waals surface area contributed by atoms with E-state index in [2.05, 4.69) is 5.32 Å². The van der Waals surface area contributed by atoms with Crippen LogP contribution in [0.3, 0.4) is 0 Å². The molecular formula is C12H18N2O4. The topological polar surface area (TPSA) is 84.6 Å². The zero-order chi connectivity index (χ0) is 13.4. The lowest BCUT2D eigenvalue weighted by Gasteiger charge is -2.08. The zero-order valence-electron chi connectivity index (χ0n) is 10.4. The maximum absolute atomic E-state index is 10.7. The van der Waals surface area contributed by atoms with Crippen LogP contribution in [-0.4, -0.2) is 30.3 Å². The average molecular weight is 254 g/mol. The molecule has 0 aromatic heterocycles. The zero-order valence-corrected chi connectivity index (χ0v) is 10.4. The van der Waals surface area contributed by atoms with Gasteiger partial charge in [0.25, 0.3) is 0 Å². The molecule has 0 amide bonds. The summed E-state index contributed by atoms with van der Waals surface area (Å²) in [6, 6.07) is 4.70. The molecule has 0 saturated heterocycles. The van der Waals surface area contributed by atoms with Crippen LogP contribution < -0.4 is 10.1 Å². The molecule has 0 radical (unpaired) electrons. The lowest BCUT2D eigenvalue weighted by atomic mass is 10.2. The Morgan fingerprint density at radius 2 is 2.17 bits per heavy atom. The maximum Gasteiger partial charge on any atom is 0.311 e. The van der Waals surface area contributed by atoms with Crippen molar-refractivity contribution in [3.8, 4) is 5.75 Å². The van der Waals surface area contributed by atoms with Crippen molar-refractivity contribution in [1.29, 1.82) is 0 Å². The number of hydrogen-bond donors (Lipinski definition) is 2. The van der Waals surface area contributed by atoms with E-state index in [1.807, 2.05) is 0 Å². The van der Waals surface area contributed by atoms with Crippen molar-refractivity contribution in [1.82, 2.24) is 0 Å². The predicted molar refractivity (Wildman–Crippen MR) is 69.1 cm³/mol. The van der Waals surface area contributed by atoms with E-state index in [-0.39, 0.29) is 18.0 Å². The lowest BCUT2D eigenvalue weighted by Crippen LogP contribution is -2.02. The summed E-state index contributed by atoms with van der Waals surface area (Å²) in [5.74, 6) is 0.250. The summed E-state index contributed by atoms with van der Waals surface area (Å²) in [6.07, 6.45) is 2.69. The van der Waals surface area contributed by atoms with Gasteiger partial charge in [-0.15, -0.1) is 0 Å². The highest BCUT2D eigenvalue weighted by Gasteiger charge is 2.14. The number of ether oxygens (including phenoxy) is 1. The first-order valence-corrected chi connectivity index (χ1v) is 5.86. The largest absolute Gasteiger partial charge is 0.490 e. The van der Waals surface area contributed by atoms with E-state index in [4.69, 9.17) is 9.84 Å². The van der Waals surface area contributed by atoms with E-state index in [1.165, 1.54) is 13.2 Å². The van der Waals surface area contributed by atoms with Crippen LogP contribution in [-0.2, 0) is 0 Å². The van der Waals surface area contributed by atoms with Gasteiger partial charge in [0, 0.05) is 31.0 Å². The fourth-order valence-corrected chi connectivity index (χ4v) is 1.58. The van der Waals surface area contributed by atoms with E-state index in [1.54, 1.807) is 12.1 Å². The molecule has 0 unspecified atom stereocenters. The van der Waals surface area contributed by atoms with Gasteiger partial charge in [0.1, 0.15) is 0 Å². The number of anilines is 1. The SMILES string of the molecule is COc1cc(NCCCCCO)ccc1[N+](=O)[O-]. The Kier molecular flexibility index (Phi) is 5.93. The van der Waals surface area contributed by atoms with Crippen molar-refractivity contribution >= 4 is 11.4 Å². The highest BCUT2D eigenvalue weighted by molar-refractivity contribution is 5.57. The number of aliphatic hydroxyl groups is 1. The van der Waals surface area contributed by atoms with Crippen molar-refractivity contribution in [2.45, 2.75) is 19.3 Å². The molecule has 18 heavy (non-hydrogen) atoms. The molecule has 0 spiro atoms. The second-order valence-electron chi connectivity index (χ2n) is 3.85. The van der Waals surface area contributed by atoms with Gasteiger partial charge in [0.05, 0.1) is 12.0 Å². The van der Waals surface area contributed by atoms with Crippen molar-refractivity contribution in [2.75, 3.05) is 25.6 Å². The number of nitrogens with zero attached hydrogens (tertiary/aromatic N) is 1. The Bertz CT molecular complexity index is 396. The molecule has 0 aliphatic carbocycles. The van der Waals surface area contributed by atoms with Crippen LogP contribution in [0, 0.1) is 10.1 Å². The second kappa shape index (κ2) is 7.50. The number of aliphatic hydroxyl groups excluding tert-OH is 1. The quantitative estimate of drug-likeness (QED) is 0.422. The van der Waals surface area contributed by atoms with Crippen LogP contribution in [0.2, 0.25) is 0 Å². The fraction of sp³-hybridized carbons (Fsp3) is 0.500. The van der Waals surface area contributed by atoms with Gasteiger partial charge in [0.15, 0.2) is 5.75 Å². The molecule has 0 aliphatic rings. The van der Waals surface area contributed by atoms with Gasteiger partial charge in [-0.1, -0.05) is 0 Å². The molecule has 0 bridgehead atoms. The Morgan fingerprint density at radius 3 is 2.78 bits per heavy atom. The molecule has 0 aliphatic heterocycles. The average Bonchev–Trinajstić information content (AvgIpc) is 2.38. The van der Waals surface area contributed by atoms with Crippen LogP contribution >= 0.6 is 0 Å². The first-order chi connectivity index (χ1) is 8.69. The summed E-state index contributed by atoms with van der Waals surface area (Å²) in [7, 11) is 1.41. The summed E-state index contributed by atoms with van der Waals surface area (Å²) in [5, 5.41) is 22.5. The molecule has 100 valence electrons. The monoisotopic (exact) mass is 254 g/mol. The molecule has 1 aromatic rings. The smallest absolute Gasteiger partial charge is 0.311 e. The number of hydrogen-bond acceptors (Lipinski definition) is 5. The molecule has 0 heterocycles. The van der Waals surface area contributed by atoms with Crippen LogP contribution in [0.25, 0.3) is 0 Å². The van der Waals surface area contributed by atoms with Gasteiger partial charge in [-0.3, -0.25) is 10.1 Å². The summed E-state index contributed by atoms with van der Waals surface area (Å²) in [5.41, 5.74) is 0.754. The minimum Gasteiger partial charge on any atom is -0.490 e. The van der Waals surface area contributed by atoms with Crippen LogP contribution in [0.15, 0.2) is 18.2 Å². The summed E-state index contributed by atoms with van der Waals surface area (Å²) in [6.45, 7) is 0.978. The third-order valence-electron chi connectivity index (χ3n) is 2.54. The minimum atomic E-state index is -0.468. The van der Waals surface area contributed by atoms with Crippen LogP contribution in [0.1, 0.15) is 19.3 Å². The molecule has 6 heteroatoms. The molecule has 6 nitrogen and oxygen atoms in total. The Hall–Kier alpha value is -1.82. The standard InChI is InChI=1S/C12H18N2O4/c1-18-12-9-10(5-6-11(12)14(16)17)13-7-3-2-4-8-15/h5-6,9,13,15H,2-4,7-8H2,1H3. The van der Waals surface area contributed by atoms with Gasteiger partial charge in [-0.2, -0.15) is 0 Å². The number of unbranched alkanes of at least 4 members (excludes halogenated alkanes) is 2. The first kappa shape index (κ1) is 14.2. The van der Waals surface area contributed by atoms with Gasteiger partial charge in [-0.25, -0.2) is 0 Å². The number of nitro benzene ring substituents is 1. The van der Waals surface area contributed by atoms with E-state index in [0.29, 0.717) is 0 Å². The summed E-state index contributed by atoms with van der Waals surface area (Å²) < 4.78 is 4.98. The lowest BCUT2D eigenvalue weighted by molar-refractivity contribution is -0.385. The Labute approximate surface area is 106 Å². The molecule has 1 aromatic carbocycles. The molecule has 2 N–H and O–H groups in total. The normalized spacial score (nSPS) is 10.1. The molecule has 0 saturated carbocycles. The Morgan fingerprint density at radius 1 is 1.39 bits per heavy atom.